The smallest absolute Gasteiger partial charge is 0.0942 e. The molecular formula is C12H9Cl3S. The SMILES string of the molecule is Cc1ccc(C(Cl)c2ccc(Cl)s2)c(Cl)c1. The summed E-state index contributed by atoms with van der Waals surface area (Å²) in [6.45, 7) is 2.00. The van der Waals surface area contributed by atoms with Crippen molar-refractivity contribution < 1.29 is 0 Å². The second kappa shape index (κ2) is 4.97. The van der Waals surface area contributed by atoms with Crippen LogP contribution in [0, 0.1) is 6.92 Å². The lowest BCUT2D eigenvalue weighted by Crippen LogP contribution is -1.91. The molecule has 84 valence electrons. The van der Waals surface area contributed by atoms with Crippen molar-refractivity contribution in [1.29, 1.82) is 0 Å². The van der Waals surface area contributed by atoms with Crippen molar-refractivity contribution in [3.8, 4) is 0 Å². The molecule has 0 N–H and O–H groups in total. The van der Waals surface area contributed by atoms with E-state index in [0.29, 0.717) is 5.02 Å². The fraction of sp³-hybridized carbons (Fsp3) is 0.167. The zero-order valence-corrected chi connectivity index (χ0v) is 11.6. The Morgan fingerprint density at radius 3 is 2.44 bits per heavy atom. The number of rotatable bonds is 2. The number of benzene rings is 1. The van der Waals surface area contributed by atoms with Gasteiger partial charge in [-0.2, -0.15) is 0 Å². The normalized spacial score (nSPS) is 12.8. The van der Waals surface area contributed by atoms with Crippen LogP contribution in [0.3, 0.4) is 0 Å². The van der Waals surface area contributed by atoms with Gasteiger partial charge in [0.2, 0.25) is 0 Å². The zero-order chi connectivity index (χ0) is 11.7. The first-order valence-corrected chi connectivity index (χ1v) is 6.74. The van der Waals surface area contributed by atoms with Gasteiger partial charge in [0.25, 0.3) is 0 Å². The minimum Gasteiger partial charge on any atom is -0.127 e. The summed E-state index contributed by atoms with van der Waals surface area (Å²) in [6.07, 6.45) is 0. The summed E-state index contributed by atoms with van der Waals surface area (Å²) in [5.41, 5.74) is 2.05. The van der Waals surface area contributed by atoms with Gasteiger partial charge in [-0.25, -0.2) is 0 Å². The van der Waals surface area contributed by atoms with Crippen molar-refractivity contribution in [1.82, 2.24) is 0 Å². The van der Waals surface area contributed by atoms with Crippen LogP contribution < -0.4 is 0 Å². The zero-order valence-electron chi connectivity index (χ0n) is 8.51. The van der Waals surface area contributed by atoms with E-state index in [4.69, 9.17) is 34.8 Å². The first kappa shape index (κ1) is 12.3. The van der Waals surface area contributed by atoms with E-state index in [1.165, 1.54) is 11.3 Å². The molecule has 0 amide bonds. The predicted molar refractivity (Wildman–Crippen MR) is 73.2 cm³/mol. The third-order valence-electron chi connectivity index (χ3n) is 2.27. The first-order chi connectivity index (χ1) is 7.58. The molecule has 0 saturated carbocycles. The quantitative estimate of drug-likeness (QED) is 0.623. The second-order valence-corrected chi connectivity index (χ2v) is 6.12. The van der Waals surface area contributed by atoms with E-state index >= 15 is 0 Å². The van der Waals surface area contributed by atoms with Crippen LogP contribution in [0.25, 0.3) is 0 Å². The van der Waals surface area contributed by atoms with Gasteiger partial charge < -0.3 is 0 Å². The standard InChI is InChI=1S/C12H9Cl3S/c1-7-2-3-8(9(13)6-7)12(15)10-4-5-11(14)16-10/h2-6,12H,1H3. The monoisotopic (exact) mass is 290 g/mol. The van der Waals surface area contributed by atoms with Gasteiger partial charge in [0.05, 0.1) is 9.71 Å². The highest BCUT2D eigenvalue weighted by molar-refractivity contribution is 7.16. The van der Waals surface area contributed by atoms with Gasteiger partial charge >= 0.3 is 0 Å². The van der Waals surface area contributed by atoms with E-state index in [0.717, 1.165) is 20.3 Å². The van der Waals surface area contributed by atoms with Crippen LogP contribution in [0.15, 0.2) is 30.3 Å². The maximum atomic E-state index is 6.37. The lowest BCUT2D eigenvalue weighted by molar-refractivity contribution is 1.18. The van der Waals surface area contributed by atoms with Crippen molar-refractivity contribution in [2.45, 2.75) is 12.3 Å². The number of hydrogen-bond donors (Lipinski definition) is 0. The van der Waals surface area contributed by atoms with Crippen molar-refractivity contribution >= 4 is 46.1 Å². The molecule has 0 aliphatic rings. The third kappa shape index (κ3) is 2.54. The number of thiophene rings is 1. The lowest BCUT2D eigenvalue weighted by atomic mass is 10.1. The topological polar surface area (TPSA) is 0 Å². The summed E-state index contributed by atoms with van der Waals surface area (Å²) in [5.74, 6) is 0. The Hall–Kier alpha value is -0.210. The van der Waals surface area contributed by atoms with Gasteiger partial charge in [0.1, 0.15) is 0 Å². The van der Waals surface area contributed by atoms with Crippen LogP contribution in [0.4, 0.5) is 0 Å². The first-order valence-electron chi connectivity index (χ1n) is 4.73. The second-order valence-electron chi connectivity index (χ2n) is 3.53. The fourth-order valence-corrected chi connectivity index (χ4v) is 3.31. The van der Waals surface area contributed by atoms with Crippen LogP contribution in [0.2, 0.25) is 9.36 Å². The Morgan fingerprint density at radius 2 is 1.88 bits per heavy atom. The molecule has 1 unspecified atom stereocenters. The van der Waals surface area contributed by atoms with E-state index in [-0.39, 0.29) is 5.38 Å². The van der Waals surface area contributed by atoms with E-state index < -0.39 is 0 Å². The van der Waals surface area contributed by atoms with E-state index in [1.54, 1.807) is 0 Å². The Labute approximate surface area is 114 Å². The lowest BCUT2D eigenvalue weighted by Gasteiger charge is -2.10. The van der Waals surface area contributed by atoms with Crippen molar-refractivity contribution in [2.75, 3.05) is 0 Å². The van der Waals surface area contributed by atoms with Gasteiger partial charge in [0, 0.05) is 9.90 Å². The number of alkyl halides is 1. The average molecular weight is 292 g/mol. The molecule has 0 bridgehead atoms. The van der Waals surface area contributed by atoms with Gasteiger partial charge in [-0.15, -0.1) is 22.9 Å². The van der Waals surface area contributed by atoms with Gasteiger partial charge in [-0.05, 0) is 36.2 Å². The maximum absolute atomic E-state index is 6.37. The molecule has 0 nitrogen and oxygen atoms in total. The molecule has 0 spiro atoms. The van der Waals surface area contributed by atoms with Crippen LogP contribution in [-0.4, -0.2) is 0 Å². The summed E-state index contributed by atoms with van der Waals surface area (Å²) >= 11 is 19.9. The summed E-state index contributed by atoms with van der Waals surface area (Å²) in [4.78, 5) is 1.01. The molecule has 0 aliphatic carbocycles. The summed E-state index contributed by atoms with van der Waals surface area (Å²) < 4.78 is 0.740. The van der Waals surface area contributed by atoms with E-state index in [9.17, 15) is 0 Å². The van der Waals surface area contributed by atoms with Gasteiger partial charge in [-0.1, -0.05) is 35.3 Å². The molecule has 1 heterocycles. The minimum atomic E-state index is -0.231. The number of hydrogen-bond acceptors (Lipinski definition) is 1. The molecule has 2 rings (SSSR count). The molecule has 0 aliphatic heterocycles. The van der Waals surface area contributed by atoms with Gasteiger partial charge in [-0.3, -0.25) is 0 Å². The van der Waals surface area contributed by atoms with Gasteiger partial charge in [0.15, 0.2) is 0 Å². The van der Waals surface area contributed by atoms with Crippen LogP contribution in [0.1, 0.15) is 21.4 Å². The largest absolute Gasteiger partial charge is 0.127 e. The maximum Gasteiger partial charge on any atom is 0.0942 e. The molecule has 1 atom stereocenters. The number of halogens is 3. The molecule has 1 aromatic heterocycles. The van der Waals surface area contributed by atoms with Crippen LogP contribution >= 0.6 is 46.1 Å². The Bertz CT molecular complexity index is 505. The Balaban J connectivity index is 2.37. The molecular weight excluding hydrogens is 283 g/mol. The highest BCUT2D eigenvalue weighted by Crippen LogP contribution is 2.38. The Morgan fingerprint density at radius 1 is 1.12 bits per heavy atom. The third-order valence-corrected chi connectivity index (χ3v) is 4.50. The highest BCUT2D eigenvalue weighted by atomic mass is 35.5. The minimum absolute atomic E-state index is 0.231. The molecule has 0 fully saturated rings. The molecule has 1 aromatic carbocycles. The molecule has 0 radical (unpaired) electrons. The number of aryl methyl sites for hydroxylation is 1. The van der Waals surface area contributed by atoms with Crippen molar-refractivity contribution in [3.63, 3.8) is 0 Å². The molecule has 2 aromatic rings. The molecule has 0 saturated heterocycles. The van der Waals surface area contributed by atoms with Crippen molar-refractivity contribution in [3.05, 3.63) is 55.7 Å². The van der Waals surface area contributed by atoms with Crippen LogP contribution in [-0.2, 0) is 0 Å². The van der Waals surface area contributed by atoms with Crippen molar-refractivity contribution in [2.24, 2.45) is 0 Å². The summed E-state index contributed by atoms with van der Waals surface area (Å²) in [5, 5.41) is 0.468. The van der Waals surface area contributed by atoms with Crippen LogP contribution in [0.5, 0.6) is 0 Å². The Kier molecular flexibility index (Phi) is 3.81. The molecule has 16 heavy (non-hydrogen) atoms. The average Bonchev–Trinajstić information content (AvgIpc) is 2.64. The summed E-state index contributed by atoms with van der Waals surface area (Å²) in [7, 11) is 0. The van der Waals surface area contributed by atoms with E-state index in [1.807, 2.05) is 37.3 Å². The predicted octanol–water partition coefficient (Wildman–Crippen LogP) is 5.69. The van der Waals surface area contributed by atoms with E-state index in [2.05, 4.69) is 0 Å². The summed E-state index contributed by atoms with van der Waals surface area (Å²) in [6, 6.07) is 9.66. The fourth-order valence-electron chi connectivity index (χ4n) is 1.46. The molecule has 4 heteroatoms. The highest BCUT2D eigenvalue weighted by Gasteiger charge is 2.15.